The first-order valence-electron chi connectivity index (χ1n) is 9.50. The van der Waals surface area contributed by atoms with E-state index in [0.717, 1.165) is 17.7 Å². The fraction of sp³-hybridized carbons (Fsp3) is 0.364. The van der Waals surface area contributed by atoms with E-state index in [9.17, 15) is 4.79 Å². The number of nitrogens with one attached hydrogen (secondary N) is 1. The third kappa shape index (κ3) is 7.37. The largest absolute Gasteiger partial charge is 0.493 e. The Hall–Kier alpha value is -3.22. The molecule has 7 heteroatoms. The van der Waals surface area contributed by atoms with Crippen molar-refractivity contribution in [3.8, 4) is 17.2 Å². The highest BCUT2D eigenvalue weighted by Gasteiger charge is 2.06. The fourth-order valence-corrected chi connectivity index (χ4v) is 2.43. The van der Waals surface area contributed by atoms with E-state index in [1.807, 2.05) is 31.2 Å². The number of amides is 1. The van der Waals surface area contributed by atoms with E-state index in [-0.39, 0.29) is 0 Å². The molecule has 2 aromatic carbocycles. The van der Waals surface area contributed by atoms with Crippen LogP contribution in [0.5, 0.6) is 17.2 Å². The first kappa shape index (κ1) is 22.1. The van der Waals surface area contributed by atoms with Crippen LogP contribution in [0.3, 0.4) is 0 Å². The van der Waals surface area contributed by atoms with E-state index in [1.54, 1.807) is 6.07 Å². The highest BCUT2D eigenvalue weighted by atomic mass is 16.5. The molecule has 2 rings (SSSR count). The number of hydrogen-bond acceptors (Lipinski definition) is 6. The van der Waals surface area contributed by atoms with Gasteiger partial charge in [0.2, 0.25) is 0 Å². The van der Waals surface area contributed by atoms with Gasteiger partial charge in [0.05, 0.1) is 33.1 Å². The van der Waals surface area contributed by atoms with Crippen LogP contribution >= 0.6 is 0 Å². The van der Waals surface area contributed by atoms with E-state index < -0.39 is 6.09 Å². The fourth-order valence-electron chi connectivity index (χ4n) is 2.43. The summed E-state index contributed by atoms with van der Waals surface area (Å²) < 4.78 is 21.7. The zero-order valence-corrected chi connectivity index (χ0v) is 17.4. The summed E-state index contributed by atoms with van der Waals surface area (Å²) in [5, 5.41) is 3.81. The molecule has 0 aliphatic rings. The lowest BCUT2D eigenvalue weighted by Gasteiger charge is -2.13. The van der Waals surface area contributed by atoms with Gasteiger partial charge in [0, 0.05) is 6.42 Å². The minimum atomic E-state index is -0.630. The van der Waals surface area contributed by atoms with Gasteiger partial charge in [0.25, 0.3) is 0 Å². The molecule has 0 bridgehead atoms. The molecule has 0 saturated carbocycles. The topological polar surface area (TPSA) is 78.4 Å². The van der Waals surface area contributed by atoms with Gasteiger partial charge in [-0.2, -0.15) is 5.10 Å². The average Bonchev–Trinajstić information content (AvgIpc) is 2.71. The van der Waals surface area contributed by atoms with Crippen LogP contribution < -0.4 is 19.6 Å². The predicted octanol–water partition coefficient (Wildman–Crippen LogP) is 4.24. The molecule has 0 heterocycles. The van der Waals surface area contributed by atoms with Gasteiger partial charge in [-0.15, -0.1) is 0 Å². The van der Waals surface area contributed by atoms with Gasteiger partial charge < -0.3 is 18.9 Å². The summed E-state index contributed by atoms with van der Waals surface area (Å²) in [6.07, 6.45) is 1.61. The van der Waals surface area contributed by atoms with Crippen molar-refractivity contribution in [2.75, 3.05) is 26.9 Å². The number of hydrazone groups is 1. The normalized spacial score (nSPS) is 10.6. The second-order valence-electron chi connectivity index (χ2n) is 6.30. The Balaban J connectivity index is 1.85. The highest BCUT2D eigenvalue weighted by molar-refractivity contribution is 5.82. The van der Waals surface area contributed by atoms with Crippen LogP contribution in [0.1, 0.15) is 30.0 Å². The quantitative estimate of drug-likeness (QED) is 0.367. The lowest BCUT2D eigenvalue weighted by Crippen LogP contribution is -2.16. The summed E-state index contributed by atoms with van der Waals surface area (Å²) >= 11 is 0. The van der Waals surface area contributed by atoms with Crippen molar-refractivity contribution in [2.24, 2.45) is 5.10 Å². The number of carbonyl (C=O) groups is 1. The number of aryl methyl sites for hydroxylation is 2. The molecule has 1 N–H and O–H groups in total. The van der Waals surface area contributed by atoms with Crippen molar-refractivity contribution in [1.29, 1.82) is 0 Å². The number of hydrogen-bond donors (Lipinski definition) is 1. The van der Waals surface area contributed by atoms with Crippen molar-refractivity contribution in [3.63, 3.8) is 0 Å². The Morgan fingerprint density at radius 2 is 1.79 bits per heavy atom. The molecule has 0 atom stereocenters. The highest BCUT2D eigenvalue weighted by Crippen LogP contribution is 2.28. The standard InChI is InChI=1S/C22H28N2O5/c1-5-27-21-14-18(15-23-24-22(25)26-4)8-10-20(21)29-12-6-11-28-19-9-7-16(2)17(3)13-19/h7-10,13-15H,5-6,11-12H2,1-4H3,(H,24,25)/b23-15+. The van der Waals surface area contributed by atoms with Gasteiger partial charge in [0.1, 0.15) is 5.75 Å². The number of nitrogens with zero attached hydrogens (tertiary/aromatic N) is 1. The van der Waals surface area contributed by atoms with Crippen LogP contribution in [0.2, 0.25) is 0 Å². The Morgan fingerprint density at radius 1 is 1.00 bits per heavy atom. The number of ether oxygens (including phenoxy) is 4. The number of methoxy groups -OCH3 is 1. The Bertz CT molecular complexity index is 836. The van der Waals surface area contributed by atoms with Crippen molar-refractivity contribution >= 4 is 12.3 Å². The molecular formula is C22H28N2O5. The summed E-state index contributed by atoms with van der Waals surface area (Å²) in [6, 6.07) is 11.5. The van der Waals surface area contributed by atoms with E-state index in [0.29, 0.717) is 31.3 Å². The zero-order chi connectivity index (χ0) is 21.1. The van der Waals surface area contributed by atoms with Crippen LogP contribution in [-0.4, -0.2) is 39.2 Å². The summed E-state index contributed by atoms with van der Waals surface area (Å²) in [4.78, 5) is 11.0. The molecule has 2 aromatic rings. The molecule has 156 valence electrons. The van der Waals surface area contributed by atoms with Crippen molar-refractivity contribution in [3.05, 3.63) is 53.1 Å². The summed E-state index contributed by atoms with van der Waals surface area (Å²) in [6.45, 7) is 7.63. The van der Waals surface area contributed by atoms with E-state index in [4.69, 9.17) is 14.2 Å². The lowest BCUT2D eigenvalue weighted by atomic mass is 10.1. The van der Waals surface area contributed by atoms with Crippen LogP contribution in [0.25, 0.3) is 0 Å². The van der Waals surface area contributed by atoms with Crippen molar-refractivity contribution < 1.29 is 23.7 Å². The summed E-state index contributed by atoms with van der Waals surface area (Å²) in [7, 11) is 1.27. The monoisotopic (exact) mass is 400 g/mol. The maximum Gasteiger partial charge on any atom is 0.427 e. The van der Waals surface area contributed by atoms with Crippen LogP contribution in [-0.2, 0) is 4.74 Å². The first-order valence-corrected chi connectivity index (χ1v) is 9.50. The van der Waals surface area contributed by atoms with Gasteiger partial charge in [-0.1, -0.05) is 6.07 Å². The van der Waals surface area contributed by atoms with Crippen LogP contribution in [0, 0.1) is 13.8 Å². The predicted molar refractivity (Wildman–Crippen MR) is 112 cm³/mol. The maximum atomic E-state index is 11.0. The van der Waals surface area contributed by atoms with Crippen LogP contribution in [0.15, 0.2) is 41.5 Å². The molecule has 7 nitrogen and oxygen atoms in total. The molecule has 0 saturated heterocycles. The minimum Gasteiger partial charge on any atom is -0.493 e. The zero-order valence-electron chi connectivity index (χ0n) is 17.4. The summed E-state index contributed by atoms with van der Waals surface area (Å²) in [5.41, 5.74) is 5.46. The van der Waals surface area contributed by atoms with Crippen LogP contribution in [0.4, 0.5) is 4.79 Å². The lowest BCUT2D eigenvalue weighted by molar-refractivity contribution is 0.171. The van der Waals surface area contributed by atoms with E-state index in [1.165, 1.54) is 24.5 Å². The maximum absolute atomic E-state index is 11.0. The van der Waals surface area contributed by atoms with E-state index in [2.05, 4.69) is 35.2 Å². The van der Waals surface area contributed by atoms with Gasteiger partial charge in [0.15, 0.2) is 11.5 Å². The third-order valence-electron chi connectivity index (χ3n) is 4.12. The molecule has 0 fully saturated rings. The Kier molecular flexibility index (Phi) is 8.82. The molecule has 0 unspecified atom stereocenters. The molecule has 29 heavy (non-hydrogen) atoms. The Morgan fingerprint density at radius 3 is 2.52 bits per heavy atom. The van der Waals surface area contributed by atoms with Gasteiger partial charge in [-0.3, -0.25) is 0 Å². The van der Waals surface area contributed by atoms with Crippen molar-refractivity contribution in [2.45, 2.75) is 27.2 Å². The summed E-state index contributed by atoms with van der Waals surface area (Å²) in [5.74, 6) is 2.13. The molecule has 0 radical (unpaired) electrons. The Labute approximate surface area is 171 Å². The number of rotatable bonds is 10. The number of benzene rings is 2. The molecule has 0 aliphatic heterocycles. The van der Waals surface area contributed by atoms with Gasteiger partial charge in [-0.05, 0) is 67.8 Å². The van der Waals surface area contributed by atoms with Crippen molar-refractivity contribution in [1.82, 2.24) is 5.43 Å². The molecule has 0 aromatic heterocycles. The second kappa shape index (κ2) is 11.6. The minimum absolute atomic E-state index is 0.502. The van der Waals surface area contributed by atoms with Gasteiger partial charge >= 0.3 is 6.09 Å². The SMILES string of the molecule is CCOc1cc(/C=N/NC(=O)OC)ccc1OCCCOc1ccc(C)c(C)c1. The molecular weight excluding hydrogens is 372 g/mol. The van der Waals surface area contributed by atoms with Gasteiger partial charge in [-0.25, -0.2) is 10.2 Å². The molecule has 1 amide bonds. The first-order chi connectivity index (χ1) is 14.0. The molecule has 0 spiro atoms. The van der Waals surface area contributed by atoms with E-state index >= 15 is 0 Å². The third-order valence-corrected chi connectivity index (χ3v) is 4.12. The number of carbonyl (C=O) groups excluding carboxylic acids is 1. The smallest absolute Gasteiger partial charge is 0.427 e. The second-order valence-corrected chi connectivity index (χ2v) is 6.30. The molecule has 0 aliphatic carbocycles. The average molecular weight is 400 g/mol.